The first-order valence-corrected chi connectivity index (χ1v) is 10.8. The first kappa shape index (κ1) is 22.2. The van der Waals surface area contributed by atoms with Crippen LogP contribution >= 0.6 is 27.5 Å². The molecule has 0 atom stereocenters. The van der Waals surface area contributed by atoms with E-state index in [1.165, 1.54) is 43.3 Å². The van der Waals surface area contributed by atoms with Crippen LogP contribution in [0.3, 0.4) is 0 Å². The predicted molar refractivity (Wildman–Crippen MR) is 111 cm³/mol. The van der Waals surface area contributed by atoms with Crippen molar-refractivity contribution >= 4 is 60.8 Å². The number of ether oxygens (including phenoxy) is 1. The van der Waals surface area contributed by atoms with Gasteiger partial charge in [-0.2, -0.15) is 0 Å². The highest BCUT2D eigenvalue weighted by Gasteiger charge is 2.29. The highest BCUT2D eigenvalue weighted by molar-refractivity contribution is 9.10. The van der Waals surface area contributed by atoms with E-state index in [2.05, 4.69) is 21.2 Å². The quantitative estimate of drug-likeness (QED) is 0.597. The lowest BCUT2D eigenvalue weighted by Gasteiger charge is -2.24. The minimum absolute atomic E-state index is 0.0649. The number of hydrogen-bond acceptors (Lipinski definition) is 5. The highest BCUT2D eigenvalue weighted by Crippen LogP contribution is 2.33. The zero-order valence-corrected chi connectivity index (χ0v) is 18.3. The lowest BCUT2D eigenvalue weighted by molar-refractivity contribution is -0.141. The molecule has 2 aromatic rings. The molecule has 0 aliphatic heterocycles. The maximum atomic E-state index is 13.2. The van der Waals surface area contributed by atoms with Crippen molar-refractivity contribution in [3.8, 4) is 0 Å². The third-order valence-electron chi connectivity index (χ3n) is 3.52. The standard InChI is InChI=1S/C18H18BrClN2O5S/c1-3-27-18(24)11-22(17-9-4-13(19)10-16(17)20)28(25,26)15-7-5-14(6-8-15)21-12(2)23/h4-10H,3,11H2,1-2H3,(H,21,23). The summed E-state index contributed by atoms with van der Waals surface area (Å²) in [5.41, 5.74) is 0.592. The zero-order chi connectivity index (χ0) is 20.9. The first-order valence-electron chi connectivity index (χ1n) is 8.16. The molecule has 0 heterocycles. The molecule has 0 aliphatic carbocycles. The number of esters is 1. The van der Waals surface area contributed by atoms with Crippen LogP contribution in [-0.4, -0.2) is 33.4 Å². The third kappa shape index (κ3) is 5.46. The molecule has 150 valence electrons. The van der Waals surface area contributed by atoms with Crippen molar-refractivity contribution in [3.63, 3.8) is 0 Å². The van der Waals surface area contributed by atoms with Crippen LogP contribution in [0.5, 0.6) is 0 Å². The van der Waals surface area contributed by atoms with E-state index >= 15 is 0 Å². The van der Waals surface area contributed by atoms with Gasteiger partial charge in [0.1, 0.15) is 6.54 Å². The second kappa shape index (κ2) is 9.40. The summed E-state index contributed by atoms with van der Waals surface area (Å²) < 4.78 is 32.9. The van der Waals surface area contributed by atoms with Crippen molar-refractivity contribution in [3.05, 3.63) is 52.0 Å². The van der Waals surface area contributed by atoms with Crippen LogP contribution in [0.4, 0.5) is 11.4 Å². The second-order valence-corrected chi connectivity index (χ2v) is 8.80. The van der Waals surface area contributed by atoms with E-state index in [0.29, 0.717) is 10.2 Å². The number of hydrogen-bond donors (Lipinski definition) is 1. The van der Waals surface area contributed by atoms with Crippen molar-refractivity contribution in [1.29, 1.82) is 0 Å². The number of amides is 1. The van der Waals surface area contributed by atoms with Gasteiger partial charge in [0.15, 0.2) is 0 Å². The fourth-order valence-electron chi connectivity index (χ4n) is 2.35. The van der Waals surface area contributed by atoms with Crippen molar-refractivity contribution in [2.75, 3.05) is 22.8 Å². The smallest absolute Gasteiger partial charge is 0.326 e. The fourth-order valence-corrected chi connectivity index (χ4v) is 4.60. The molecule has 1 amide bonds. The molecule has 0 bridgehead atoms. The van der Waals surface area contributed by atoms with Crippen LogP contribution in [0.2, 0.25) is 5.02 Å². The van der Waals surface area contributed by atoms with Gasteiger partial charge in [-0.25, -0.2) is 8.42 Å². The van der Waals surface area contributed by atoms with Gasteiger partial charge in [-0.15, -0.1) is 0 Å². The van der Waals surface area contributed by atoms with Gasteiger partial charge in [-0.3, -0.25) is 13.9 Å². The second-order valence-electron chi connectivity index (χ2n) is 5.62. The molecule has 0 radical (unpaired) electrons. The SMILES string of the molecule is CCOC(=O)CN(c1ccc(Br)cc1Cl)S(=O)(=O)c1ccc(NC(C)=O)cc1. The molecule has 2 aromatic carbocycles. The van der Waals surface area contributed by atoms with Gasteiger partial charge in [0.25, 0.3) is 10.0 Å². The van der Waals surface area contributed by atoms with Crippen LogP contribution in [0.15, 0.2) is 51.8 Å². The van der Waals surface area contributed by atoms with E-state index in [1.54, 1.807) is 13.0 Å². The molecule has 1 N–H and O–H groups in total. The van der Waals surface area contributed by atoms with Gasteiger partial charge in [0.05, 0.1) is 22.2 Å². The summed E-state index contributed by atoms with van der Waals surface area (Å²) >= 11 is 9.49. The van der Waals surface area contributed by atoms with Crippen LogP contribution in [-0.2, 0) is 24.3 Å². The molecule has 28 heavy (non-hydrogen) atoms. The van der Waals surface area contributed by atoms with E-state index in [0.717, 1.165) is 4.31 Å². The van der Waals surface area contributed by atoms with Gasteiger partial charge >= 0.3 is 5.97 Å². The van der Waals surface area contributed by atoms with Crippen LogP contribution in [0.1, 0.15) is 13.8 Å². The summed E-state index contributed by atoms with van der Waals surface area (Å²) in [6.45, 7) is 2.56. The van der Waals surface area contributed by atoms with Crippen LogP contribution in [0, 0.1) is 0 Å². The van der Waals surface area contributed by atoms with Gasteiger partial charge in [0.2, 0.25) is 5.91 Å². The monoisotopic (exact) mass is 488 g/mol. The van der Waals surface area contributed by atoms with Gasteiger partial charge in [-0.05, 0) is 49.4 Å². The molecule has 0 saturated heterocycles. The normalized spacial score (nSPS) is 11.0. The van der Waals surface area contributed by atoms with E-state index in [-0.39, 0.29) is 28.1 Å². The van der Waals surface area contributed by atoms with E-state index in [1.807, 2.05) is 0 Å². The maximum Gasteiger partial charge on any atom is 0.326 e. The summed E-state index contributed by atoms with van der Waals surface area (Å²) in [6.07, 6.45) is 0. The Morgan fingerprint density at radius 3 is 2.36 bits per heavy atom. The molecule has 7 nitrogen and oxygen atoms in total. The summed E-state index contributed by atoms with van der Waals surface area (Å²) in [6, 6.07) is 10.2. The number of sulfonamides is 1. The Kier molecular flexibility index (Phi) is 7.45. The maximum absolute atomic E-state index is 13.2. The fraction of sp³-hybridized carbons (Fsp3) is 0.222. The topological polar surface area (TPSA) is 92.8 Å². The number of nitrogens with one attached hydrogen (secondary N) is 1. The Bertz CT molecular complexity index is 980. The highest BCUT2D eigenvalue weighted by atomic mass is 79.9. The molecule has 0 aromatic heterocycles. The molecule has 0 unspecified atom stereocenters. The Morgan fingerprint density at radius 2 is 1.82 bits per heavy atom. The number of rotatable bonds is 7. The van der Waals surface area contributed by atoms with Gasteiger partial charge in [0, 0.05) is 17.1 Å². The van der Waals surface area contributed by atoms with Gasteiger partial charge < -0.3 is 10.1 Å². The number of carbonyl (C=O) groups is 2. The Hall–Kier alpha value is -2.10. The minimum atomic E-state index is -4.13. The number of nitrogens with zero attached hydrogens (tertiary/aromatic N) is 1. The minimum Gasteiger partial charge on any atom is -0.465 e. The number of anilines is 2. The predicted octanol–water partition coefficient (Wildman–Crippen LogP) is 3.82. The van der Waals surface area contributed by atoms with Crippen molar-refractivity contribution in [1.82, 2.24) is 0 Å². The number of halogens is 2. The van der Waals surface area contributed by atoms with Crippen LogP contribution < -0.4 is 9.62 Å². The molecule has 0 fully saturated rings. The van der Waals surface area contributed by atoms with Crippen LogP contribution in [0.25, 0.3) is 0 Å². The zero-order valence-electron chi connectivity index (χ0n) is 15.1. The molecule has 2 rings (SSSR count). The largest absolute Gasteiger partial charge is 0.465 e. The summed E-state index contributed by atoms with van der Waals surface area (Å²) in [4.78, 5) is 23.1. The Morgan fingerprint density at radius 1 is 1.18 bits per heavy atom. The Balaban J connectivity index is 2.48. The molecule has 0 spiro atoms. The van der Waals surface area contributed by atoms with Gasteiger partial charge in [-0.1, -0.05) is 27.5 Å². The lowest BCUT2D eigenvalue weighted by atomic mass is 10.3. The molecule has 0 saturated carbocycles. The summed E-state index contributed by atoms with van der Waals surface area (Å²) in [5.74, 6) is -0.985. The van der Waals surface area contributed by atoms with Crippen molar-refractivity contribution < 1.29 is 22.7 Å². The van der Waals surface area contributed by atoms with E-state index in [4.69, 9.17) is 16.3 Å². The van der Waals surface area contributed by atoms with E-state index < -0.39 is 22.5 Å². The molecular weight excluding hydrogens is 472 g/mol. The molecular formula is C18H18BrClN2O5S. The number of carbonyl (C=O) groups excluding carboxylic acids is 2. The molecule has 0 aliphatic rings. The van der Waals surface area contributed by atoms with Crippen molar-refractivity contribution in [2.24, 2.45) is 0 Å². The number of benzene rings is 2. The van der Waals surface area contributed by atoms with Crippen molar-refractivity contribution in [2.45, 2.75) is 18.7 Å². The average molecular weight is 490 g/mol. The average Bonchev–Trinajstić information content (AvgIpc) is 2.60. The summed E-state index contributed by atoms with van der Waals surface area (Å²) in [5, 5.41) is 2.71. The Labute approximate surface area is 176 Å². The molecule has 10 heteroatoms. The lowest BCUT2D eigenvalue weighted by Crippen LogP contribution is -2.36. The third-order valence-corrected chi connectivity index (χ3v) is 6.09. The van der Waals surface area contributed by atoms with E-state index in [9.17, 15) is 18.0 Å². The summed E-state index contributed by atoms with van der Waals surface area (Å²) in [7, 11) is -4.13. The first-order chi connectivity index (χ1) is 13.1.